The highest BCUT2D eigenvalue weighted by molar-refractivity contribution is 7.21. The molecule has 0 unspecified atom stereocenters. The lowest BCUT2D eigenvalue weighted by molar-refractivity contribution is 0.0949. The number of anilines is 2. The first kappa shape index (κ1) is 18.4. The van der Waals surface area contributed by atoms with Gasteiger partial charge in [0.15, 0.2) is 0 Å². The Bertz CT molecular complexity index is 1170. The van der Waals surface area contributed by atoms with Crippen molar-refractivity contribution in [3.8, 4) is 0 Å². The summed E-state index contributed by atoms with van der Waals surface area (Å²) in [6.45, 7) is 9.55. The zero-order chi connectivity index (χ0) is 20.6. The summed E-state index contributed by atoms with van der Waals surface area (Å²) < 4.78 is 1.13. The molecule has 3 aliphatic heterocycles. The Morgan fingerprint density at radius 2 is 2.03 bits per heavy atom. The average Bonchev–Trinajstić information content (AvgIpc) is 3.41. The molecule has 6 nitrogen and oxygen atoms in total. The molecule has 0 radical (unpaired) electrons. The van der Waals surface area contributed by atoms with Gasteiger partial charge in [0.25, 0.3) is 5.91 Å². The third-order valence-electron chi connectivity index (χ3n) is 6.92. The van der Waals surface area contributed by atoms with Crippen LogP contribution in [0.25, 0.3) is 21.0 Å². The van der Waals surface area contributed by atoms with Crippen molar-refractivity contribution in [3.63, 3.8) is 0 Å². The van der Waals surface area contributed by atoms with Gasteiger partial charge in [0.2, 0.25) is 0 Å². The first-order chi connectivity index (χ1) is 14.5. The minimum Gasteiger partial charge on any atom is -0.381 e. The molecule has 2 saturated heterocycles. The van der Waals surface area contributed by atoms with Crippen LogP contribution in [0.5, 0.6) is 0 Å². The van der Waals surface area contributed by atoms with Crippen LogP contribution in [0.1, 0.15) is 36.9 Å². The summed E-state index contributed by atoms with van der Waals surface area (Å²) in [5, 5.41) is 8.82. The number of aromatic nitrogens is 1. The Labute approximate surface area is 180 Å². The molecule has 2 fully saturated rings. The molecule has 30 heavy (non-hydrogen) atoms. The van der Waals surface area contributed by atoms with Gasteiger partial charge in [-0.25, -0.2) is 4.98 Å². The van der Waals surface area contributed by atoms with Gasteiger partial charge in [-0.2, -0.15) is 0 Å². The molecule has 2 aromatic heterocycles. The van der Waals surface area contributed by atoms with Crippen LogP contribution in [-0.2, 0) is 0 Å². The fourth-order valence-electron chi connectivity index (χ4n) is 5.49. The Hall–Kier alpha value is -2.38. The van der Waals surface area contributed by atoms with Crippen molar-refractivity contribution in [2.75, 3.05) is 29.9 Å². The maximum atomic E-state index is 12.6. The standard InChI is InChI=1S/C23H27N5OS/c1-12(2)27-10-15-8-14(27)11-28(15)19-7-4-16-17(26-19)5-6-18-20(16)21-22(30-18)23(29)25-13(3)9-24-21/h4-7,12-15,24H,8-11H2,1-3H3,(H,25,29)/t13-,14-,15-/m1/s1. The van der Waals surface area contributed by atoms with E-state index in [-0.39, 0.29) is 11.9 Å². The Morgan fingerprint density at radius 3 is 2.80 bits per heavy atom. The maximum Gasteiger partial charge on any atom is 0.263 e. The topological polar surface area (TPSA) is 60.5 Å². The zero-order valence-electron chi connectivity index (χ0n) is 17.6. The number of hydrogen-bond acceptors (Lipinski definition) is 6. The van der Waals surface area contributed by atoms with Crippen molar-refractivity contribution >= 4 is 49.7 Å². The van der Waals surface area contributed by atoms with Crippen LogP contribution in [0, 0.1) is 0 Å². The third kappa shape index (κ3) is 2.65. The Balaban J connectivity index is 1.41. The van der Waals surface area contributed by atoms with Crippen LogP contribution >= 0.6 is 11.3 Å². The molecular weight excluding hydrogens is 394 g/mol. The number of rotatable bonds is 2. The van der Waals surface area contributed by atoms with Crippen molar-refractivity contribution in [2.45, 2.75) is 51.4 Å². The molecule has 2 N–H and O–H groups in total. The number of benzene rings is 1. The van der Waals surface area contributed by atoms with Gasteiger partial charge in [0.1, 0.15) is 10.7 Å². The average molecular weight is 422 g/mol. The van der Waals surface area contributed by atoms with Crippen molar-refractivity contribution in [2.24, 2.45) is 0 Å². The molecule has 1 aromatic carbocycles. The lowest BCUT2D eigenvalue weighted by Gasteiger charge is -2.37. The number of nitrogens with one attached hydrogen (secondary N) is 2. The molecule has 0 saturated carbocycles. The van der Waals surface area contributed by atoms with E-state index in [0.717, 1.165) is 57.0 Å². The highest BCUT2D eigenvalue weighted by atomic mass is 32.1. The molecule has 3 atom stereocenters. The van der Waals surface area contributed by atoms with Crippen LogP contribution in [0.3, 0.4) is 0 Å². The minimum atomic E-state index is 0.0178. The SMILES string of the molecule is CC(C)N1C[C@H]2C[C@@H]1CN2c1ccc2c(ccc3sc4c(c32)NC[C@@H](C)NC4=O)n1. The molecule has 0 aliphatic carbocycles. The van der Waals surface area contributed by atoms with Gasteiger partial charge in [-0.1, -0.05) is 0 Å². The van der Waals surface area contributed by atoms with Gasteiger partial charge in [-0.15, -0.1) is 11.3 Å². The second kappa shape index (κ2) is 6.56. The molecule has 6 rings (SSSR count). The van der Waals surface area contributed by atoms with E-state index in [1.165, 1.54) is 6.42 Å². The van der Waals surface area contributed by atoms with Gasteiger partial charge in [0, 0.05) is 59.3 Å². The van der Waals surface area contributed by atoms with Crippen LogP contribution < -0.4 is 15.5 Å². The summed E-state index contributed by atoms with van der Waals surface area (Å²) in [5.41, 5.74) is 1.97. The van der Waals surface area contributed by atoms with Crippen molar-refractivity contribution < 1.29 is 4.79 Å². The number of piperazine rings is 1. The molecule has 156 valence electrons. The summed E-state index contributed by atoms with van der Waals surface area (Å²) in [6.07, 6.45) is 1.24. The van der Waals surface area contributed by atoms with Crippen molar-refractivity contribution in [3.05, 3.63) is 29.1 Å². The predicted octanol–water partition coefficient (Wildman–Crippen LogP) is 3.66. The molecule has 3 aromatic rings. The van der Waals surface area contributed by atoms with E-state index in [1.54, 1.807) is 11.3 Å². The van der Waals surface area contributed by atoms with E-state index < -0.39 is 0 Å². The first-order valence-electron chi connectivity index (χ1n) is 10.9. The quantitative estimate of drug-likeness (QED) is 0.661. The second-order valence-corrected chi connectivity index (χ2v) is 10.3. The maximum absolute atomic E-state index is 12.6. The van der Waals surface area contributed by atoms with Crippen LogP contribution in [0.15, 0.2) is 24.3 Å². The number of carbonyl (C=O) groups is 1. The van der Waals surface area contributed by atoms with E-state index in [2.05, 4.69) is 58.5 Å². The van der Waals surface area contributed by atoms with E-state index in [1.807, 2.05) is 6.92 Å². The van der Waals surface area contributed by atoms with Gasteiger partial charge < -0.3 is 15.5 Å². The Kier molecular flexibility index (Phi) is 4.02. The highest BCUT2D eigenvalue weighted by Gasteiger charge is 2.44. The zero-order valence-corrected chi connectivity index (χ0v) is 18.4. The monoisotopic (exact) mass is 421 g/mol. The Morgan fingerprint density at radius 1 is 1.17 bits per heavy atom. The van der Waals surface area contributed by atoms with Crippen LogP contribution in [-0.4, -0.2) is 59.6 Å². The number of nitrogens with zero attached hydrogens (tertiary/aromatic N) is 3. The fourth-order valence-corrected chi connectivity index (χ4v) is 6.58. The lowest BCUT2D eigenvalue weighted by atomic mass is 10.1. The smallest absolute Gasteiger partial charge is 0.263 e. The summed E-state index contributed by atoms with van der Waals surface area (Å²) in [7, 11) is 0. The van der Waals surface area contributed by atoms with Crippen molar-refractivity contribution in [1.29, 1.82) is 0 Å². The number of hydrogen-bond donors (Lipinski definition) is 2. The number of thiophene rings is 1. The fraction of sp³-hybridized carbons (Fsp3) is 0.478. The van der Waals surface area contributed by atoms with Gasteiger partial charge in [0.05, 0.1) is 11.2 Å². The van der Waals surface area contributed by atoms with Gasteiger partial charge >= 0.3 is 0 Å². The molecule has 7 heteroatoms. The third-order valence-corrected chi connectivity index (χ3v) is 8.07. The van der Waals surface area contributed by atoms with E-state index in [0.29, 0.717) is 18.1 Å². The van der Waals surface area contributed by atoms with Gasteiger partial charge in [-0.3, -0.25) is 9.69 Å². The molecule has 1 amide bonds. The molecular formula is C23H27N5OS. The number of pyridine rings is 1. The normalized spacial score (nSPS) is 26.3. The van der Waals surface area contributed by atoms with Crippen LogP contribution in [0.2, 0.25) is 0 Å². The number of fused-ring (bicyclic) bond motifs is 7. The molecule has 3 aliphatic rings. The molecule has 2 bridgehead atoms. The van der Waals surface area contributed by atoms with E-state index in [9.17, 15) is 4.79 Å². The summed E-state index contributed by atoms with van der Waals surface area (Å²) in [4.78, 5) is 23.6. The number of amides is 1. The molecule has 0 spiro atoms. The summed E-state index contributed by atoms with van der Waals surface area (Å²) in [5.74, 6) is 1.10. The minimum absolute atomic E-state index is 0.0178. The van der Waals surface area contributed by atoms with E-state index >= 15 is 0 Å². The highest BCUT2D eigenvalue weighted by Crippen LogP contribution is 2.42. The number of likely N-dealkylation sites (tertiary alicyclic amines) is 1. The second-order valence-electron chi connectivity index (χ2n) is 9.22. The van der Waals surface area contributed by atoms with Gasteiger partial charge in [-0.05, 0) is 51.5 Å². The summed E-state index contributed by atoms with van der Waals surface area (Å²) >= 11 is 1.56. The van der Waals surface area contributed by atoms with Crippen LogP contribution in [0.4, 0.5) is 11.5 Å². The molecule has 5 heterocycles. The van der Waals surface area contributed by atoms with Crippen molar-refractivity contribution in [1.82, 2.24) is 15.2 Å². The lowest BCUT2D eigenvalue weighted by Crippen LogP contribution is -2.49. The predicted molar refractivity (Wildman–Crippen MR) is 124 cm³/mol. The van der Waals surface area contributed by atoms with E-state index in [4.69, 9.17) is 4.98 Å². The first-order valence-corrected chi connectivity index (χ1v) is 11.7. The number of carbonyl (C=O) groups excluding carboxylic acids is 1. The largest absolute Gasteiger partial charge is 0.381 e. The summed E-state index contributed by atoms with van der Waals surface area (Å²) in [6, 6.07) is 10.5.